The maximum atomic E-state index is 10.8. The van der Waals surface area contributed by atoms with Gasteiger partial charge in [0.25, 0.3) is 5.69 Å². The Labute approximate surface area is 200 Å². The van der Waals surface area contributed by atoms with Crippen LogP contribution in [0.2, 0.25) is 0 Å². The Hall–Kier alpha value is -4.56. The minimum Gasteiger partial charge on any atom is -0.354 e. The van der Waals surface area contributed by atoms with E-state index in [1.807, 2.05) is 60.7 Å². The van der Waals surface area contributed by atoms with Gasteiger partial charge in [0.15, 0.2) is 5.11 Å². The van der Waals surface area contributed by atoms with Crippen molar-refractivity contribution in [1.29, 1.82) is 0 Å². The highest BCUT2D eigenvalue weighted by Gasteiger charge is 2.09. The van der Waals surface area contributed by atoms with Crippen molar-refractivity contribution in [3.05, 3.63) is 107 Å². The Kier molecular flexibility index (Phi) is 5.72. The van der Waals surface area contributed by atoms with Crippen molar-refractivity contribution in [3.8, 4) is 0 Å². The fourth-order valence-electron chi connectivity index (χ4n) is 3.72. The lowest BCUT2D eigenvalue weighted by atomic mass is 10.1. The first-order valence-electron chi connectivity index (χ1n) is 10.5. The van der Waals surface area contributed by atoms with Gasteiger partial charge in [0.05, 0.1) is 21.6 Å². The summed E-state index contributed by atoms with van der Waals surface area (Å²) in [6.45, 7) is 0. The van der Waals surface area contributed by atoms with Crippen LogP contribution in [-0.2, 0) is 0 Å². The molecule has 0 aliphatic rings. The summed E-state index contributed by atoms with van der Waals surface area (Å²) in [6.07, 6.45) is 0. The van der Waals surface area contributed by atoms with Crippen molar-refractivity contribution in [1.82, 2.24) is 4.98 Å². The second kappa shape index (κ2) is 9.13. The van der Waals surface area contributed by atoms with Crippen LogP contribution in [-0.4, -0.2) is 15.0 Å². The minimum absolute atomic E-state index is 0.0299. The first-order valence-corrected chi connectivity index (χ1v) is 10.9. The van der Waals surface area contributed by atoms with Gasteiger partial charge in [-0.25, -0.2) is 4.98 Å². The standard InChI is InChI=1S/C26H19N5O2S/c32-31(33)20-15-13-19(14-16-20)29-26(34)28-18-11-9-17(10-12-18)27-25-21-5-1-3-7-23(21)30-24-8-4-2-6-22(24)25/h1-16H,(H,27,30)(H2,28,29,34). The molecule has 8 heteroatoms. The molecule has 0 saturated heterocycles. The molecule has 166 valence electrons. The maximum Gasteiger partial charge on any atom is 0.269 e. The normalized spacial score (nSPS) is 10.7. The number of pyridine rings is 1. The summed E-state index contributed by atoms with van der Waals surface area (Å²) in [7, 11) is 0. The number of aromatic nitrogens is 1. The van der Waals surface area contributed by atoms with Gasteiger partial charge >= 0.3 is 0 Å². The highest BCUT2D eigenvalue weighted by atomic mass is 32.1. The molecular weight excluding hydrogens is 446 g/mol. The van der Waals surface area contributed by atoms with Crippen LogP contribution in [0, 0.1) is 10.1 Å². The number of rotatable bonds is 5. The number of non-ortho nitro benzene ring substituents is 1. The zero-order valence-corrected chi connectivity index (χ0v) is 18.7. The molecule has 5 aromatic rings. The second-order valence-corrected chi connectivity index (χ2v) is 8.01. The van der Waals surface area contributed by atoms with Crippen LogP contribution in [0.25, 0.3) is 21.8 Å². The predicted octanol–water partition coefficient (Wildman–Crippen LogP) is 6.85. The van der Waals surface area contributed by atoms with Crippen LogP contribution < -0.4 is 16.0 Å². The van der Waals surface area contributed by atoms with Crippen molar-refractivity contribution in [2.45, 2.75) is 0 Å². The van der Waals surface area contributed by atoms with Crippen LogP contribution in [0.5, 0.6) is 0 Å². The van der Waals surface area contributed by atoms with E-state index >= 15 is 0 Å². The summed E-state index contributed by atoms with van der Waals surface area (Å²) in [5.41, 5.74) is 5.32. The topological polar surface area (TPSA) is 92.1 Å². The first-order chi connectivity index (χ1) is 16.6. The Morgan fingerprint density at radius 3 is 1.71 bits per heavy atom. The van der Waals surface area contributed by atoms with Gasteiger partial charge in [-0.1, -0.05) is 36.4 Å². The molecule has 0 unspecified atom stereocenters. The van der Waals surface area contributed by atoms with Gasteiger partial charge in [0.2, 0.25) is 0 Å². The number of nitro benzene ring substituents is 1. The Balaban J connectivity index is 1.32. The quantitative estimate of drug-likeness (QED) is 0.113. The summed E-state index contributed by atoms with van der Waals surface area (Å²) >= 11 is 5.37. The van der Waals surface area contributed by atoms with Gasteiger partial charge < -0.3 is 16.0 Å². The van der Waals surface area contributed by atoms with Crippen molar-refractivity contribution in [3.63, 3.8) is 0 Å². The van der Waals surface area contributed by atoms with E-state index in [-0.39, 0.29) is 5.69 Å². The van der Waals surface area contributed by atoms with E-state index in [9.17, 15) is 10.1 Å². The first kappa shape index (κ1) is 21.3. The number of nitrogens with one attached hydrogen (secondary N) is 3. The molecule has 0 fully saturated rings. The van der Waals surface area contributed by atoms with Gasteiger partial charge in [-0.05, 0) is 60.7 Å². The number of benzene rings is 4. The molecule has 0 spiro atoms. The van der Waals surface area contributed by atoms with E-state index in [0.29, 0.717) is 10.8 Å². The molecule has 0 aliphatic heterocycles. The van der Waals surface area contributed by atoms with Gasteiger partial charge in [-0.3, -0.25) is 10.1 Å². The molecule has 1 aromatic heterocycles. The van der Waals surface area contributed by atoms with Crippen LogP contribution in [0.15, 0.2) is 97.1 Å². The lowest BCUT2D eigenvalue weighted by Crippen LogP contribution is -2.18. The number of para-hydroxylation sites is 2. The smallest absolute Gasteiger partial charge is 0.269 e. The molecule has 1 heterocycles. The number of fused-ring (bicyclic) bond motifs is 2. The van der Waals surface area contributed by atoms with Crippen molar-refractivity contribution in [2.24, 2.45) is 0 Å². The SMILES string of the molecule is O=[N+]([O-])c1ccc(NC(=S)Nc2ccc(Nc3c4ccccc4nc4ccccc34)cc2)cc1. The molecule has 5 rings (SSSR count). The number of thiocarbonyl (C=S) groups is 1. The van der Waals surface area contributed by atoms with Crippen LogP contribution in [0.4, 0.5) is 28.4 Å². The molecule has 7 nitrogen and oxygen atoms in total. The third-order valence-electron chi connectivity index (χ3n) is 5.34. The Bertz CT molecular complexity index is 1460. The molecule has 4 aromatic carbocycles. The summed E-state index contributed by atoms with van der Waals surface area (Å²) in [4.78, 5) is 15.1. The van der Waals surface area contributed by atoms with Crippen LogP contribution >= 0.6 is 12.2 Å². The second-order valence-electron chi connectivity index (χ2n) is 7.61. The number of hydrogen-bond acceptors (Lipinski definition) is 5. The summed E-state index contributed by atoms with van der Waals surface area (Å²) in [6, 6.07) is 30.0. The minimum atomic E-state index is -0.437. The van der Waals surface area contributed by atoms with Crippen molar-refractivity contribution < 1.29 is 4.92 Å². The molecule has 0 radical (unpaired) electrons. The zero-order valence-electron chi connectivity index (χ0n) is 17.9. The van der Waals surface area contributed by atoms with Crippen molar-refractivity contribution >= 4 is 67.6 Å². The Morgan fingerprint density at radius 2 is 1.18 bits per heavy atom. The number of nitro groups is 1. The molecule has 0 amide bonds. The predicted molar refractivity (Wildman–Crippen MR) is 142 cm³/mol. The van der Waals surface area contributed by atoms with Gasteiger partial charge in [0, 0.05) is 40.0 Å². The third-order valence-corrected chi connectivity index (χ3v) is 5.54. The maximum absolute atomic E-state index is 10.8. The molecular formula is C26H19N5O2S. The van der Waals surface area contributed by atoms with Gasteiger partial charge in [-0.2, -0.15) is 0 Å². The lowest BCUT2D eigenvalue weighted by molar-refractivity contribution is -0.384. The van der Waals surface area contributed by atoms with E-state index in [1.54, 1.807) is 12.1 Å². The lowest BCUT2D eigenvalue weighted by Gasteiger charge is -2.14. The molecule has 0 saturated carbocycles. The van der Waals surface area contributed by atoms with E-state index in [4.69, 9.17) is 17.2 Å². The summed E-state index contributed by atoms with van der Waals surface area (Å²) < 4.78 is 0. The van der Waals surface area contributed by atoms with Crippen LogP contribution in [0.3, 0.4) is 0 Å². The average molecular weight is 466 g/mol. The number of anilines is 4. The highest BCUT2D eigenvalue weighted by molar-refractivity contribution is 7.80. The fraction of sp³-hybridized carbons (Fsp3) is 0. The molecule has 0 aliphatic carbocycles. The van der Waals surface area contributed by atoms with E-state index in [0.717, 1.165) is 38.9 Å². The van der Waals surface area contributed by atoms with E-state index in [2.05, 4.69) is 28.1 Å². The summed E-state index contributed by atoms with van der Waals surface area (Å²) in [5, 5.41) is 23.0. The van der Waals surface area contributed by atoms with Gasteiger partial charge in [-0.15, -0.1) is 0 Å². The number of hydrogen-bond donors (Lipinski definition) is 3. The van der Waals surface area contributed by atoms with E-state index in [1.165, 1.54) is 12.1 Å². The fourth-order valence-corrected chi connectivity index (χ4v) is 3.95. The highest BCUT2D eigenvalue weighted by Crippen LogP contribution is 2.33. The molecule has 34 heavy (non-hydrogen) atoms. The molecule has 0 bridgehead atoms. The largest absolute Gasteiger partial charge is 0.354 e. The molecule has 3 N–H and O–H groups in total. The van der Waals surface area contributed by atoms with Gasteiger partial charge in [0.1, 0.15) is 0 Å². The molecule has 0 atom stereocenters. The third kappa shape index (κ3) is 4.48. The Morgan fingerprint density at radius 1 is 0.706 bits per heavy atom. The average Bonchev–Trinajstić information content (AvgIpc) is 2.85. The van der Waals surface area contributed by atoms with Crippen LogP contribution in [0.1, 0.15) is 0 Å². The van der Waals surface area contributed by atoms with Crippen molar-refractivity contribution in [2.75, 3.05) is 16.0 Å². The monoisotopic (exact) mass is 465 g/mol. The summed E-state index contributed by atoms with van der Waals surface area (Å²) in [5.74, 6) is 0. The van der Waals surface area contributed by atoms with E-state index < -0.39 is 4.92 Å². The zero-order chi connectivity index (χ0) is 23.5. The number of nitrogens with zero attached hydrogens (tertiary/aromatic N) is 2.